The van der Waals surface area contributed by atoms with Crippen molar-refractivity contribution in [3.63, 3.8) is 0 Å². The monoisotopic (exact) mass is 334 g/mol. The lowest BCUT2D eigenvalue weighted by Crippen LogP contribution is -2.25. The Morgan fingerprint density at radius 1 is 1.43 bits per heavy atom. The molecule has 0 aliphatic rings. The SMILES string of the molecule is COc1ccc2nnc(CNC(=O)c3c[nH]c(=O)c(Cl)c3)n2n1. The normalized spacial score (nSPS) is 10.7. The number of nitrogens with zero attached hydrogens (tertiary/aromatic N) is 4. The Kier molecular flexibility index (Phi) is 3.94. The van der Waals surface area contributed by atoms with Crippen LogP contribution in [-0.4, -0.2) is 37.8 Å². The van der Waals surface area contributed by atoms with Crippen LogP contribution in [0.5, 0.6) is 5.88 Å². The average Bonchev–Trinajstić information content (AvgIpc) is 2.97. The minimum absolute atomic E-state index is 0.0584. The summed E-state index contributed by atoms with van der Waals surface area (Å²) in [5.74, 6) is 0.419. The lowest BCUT2D eigenvalue weighted by atomic mass is 10.2. The quantitative estimate of drug-likeness (QED) is 0.714. The van der Waals surface area contributed by atoms with E-state index in [4.69, 9.17) is 16.3 Å². The summed E-state index contributed by atoms with van der Waals surface area (Å²) in [6.07, 6.45) is 1.28. The van der Waals surface area contributed by atoms with Crippen molar-refractivity contribution in [3.05, 3.63) is 51.2 Å². The number of fused-ring (bicyclic) bond motifs is 1. The van der Waals surface area contributed by atoms with Gasteiger partial charge < -0.3 is 15.0 Å². The van der Waals surface area contributed by atoms with E-state index in [1.165, 1.54) is 23.9 Å². The van der Waals surface area contributed by atoms with Crippen LogP contribution < -0.4 is 15.6 Å². The van der Waals surface area contributed by atoms with E-state index in [0.29, 0.717) is 17.4 Å². The summed E-state index contributed by atoms with van der Waals surface area (Å²) >= 11 is 5.70. The van der Waals surface area contributed by atoms with Crippen LogP contribution in [0.1, 0.15) is 16.2 Å². The summed E-state index contributed by atoms with van der Waals surface area (Å²) in [6, 6.07) is 4.65. The number of nitrogens with one attached hydrogen (secondary N) is 2. The molecule has 0 spiro atoms. The Morgan fingerprint density at radius 2 is 2.26 bits per heavy atom. The molecule has 9 nitrogen and oxygen atoms in total. The van der Waals surface area contributed by atoms with Crippen LogP contribution >= 0.6 is 11.6 Å². The molecule has 0 aliphatic carbocycles. The first-order valence-corrected chi connectivity index (χ1v) is 6.88. The smallest absolute Gasteiger partial charge is 0.266 e. The number of carbonyl (C=O) groups is 1. The fourth-order valence-corrected chi connectivity index (χ4v) is 2.06. The molecule has 0 aliphatic heterocycles. The van der Waals surface area contributed by atoms with Crippen LogP contribution in [0.3, 0.4) is 0 Å². The van der Waals surface area contributed by atoms with Crippen molar-refractivity contribution in [1.29, 1.82) is 0 Å². The maximum absolute atomic E-state index is 12.1. The topological polar surface area (TPSA) is 114 Å². The molecule has 2 N–H and O–H groups in total. The zero-order valence-electron chi connectivity index (χ0n) is 11.9. The van der Waals surface area contributed by atoms with Gasteiger partial charge in [0.1, 0.15) is 5.02 Å². The minimum atomic E-state index is -0.456. The third kappa shape index (κ3) is 2.99. The minimum Gasteiger partial charge on any atom is -0.480 e. The molecule has 0 radical (unpaired) electrons. The van der Waals surface area contributed by atoms with Gasteiger partial charge in [0.2, 0.25) is 5.88 Å². The van der Waals surface area contributed by atoms with Crippen molar-refractivity contribution < 1.29 is 9.53 Å². The van der Waals surface area contributed by atoms with Crippen molar-refractivity contribution in [2.45, 2.75) is 6.54 Å². The molecule has 3 aromatic heterocycles. The van der Waals surface area contributed by atoms with Crippen molar-refractivity contribution >= 4 is 23.2 Å². The maximum Gasteiger partial charge on any atom is 0.266 e. The van der Waals surface area contributed by atoms with E-state index in [9.17, 15) is 9.59 Å². The molecule has 23 heavy (non-hydrogen) atoms. The molecule has 0 unspecified atom stereocenters. The molecule has 0 aromatic carbocycles. The molecular weight excluding hydrogens is 324 g/mol. The van der Waals surface area contributed by atoms with E-state index in [1.807, 2.05) is 0 Å². The molecular formula is C13H11ClN6O3. The van der Waals surface area contributed by atoms with Gasteiger partial charge in [-0.15, -0.1) is 15.3 Å². The fraction of sp³-hybridized carbons (Fsp3) is 0.154. The molecule has 3 rings (SSSR count). The van der Waals surface area contributed by atoms with Crippen molar-refractivity contribution in [3.8, 4) is 5.88 Å². The van der Waals surface area contributed by atoms with E-state index in [-0.39, 0.29) is 17.1 Å². The Balaban J connectivity index is 1.78. The Hall–Kier alpha value is -2.94. The first kappa shape index (κ1) is 15.0. The number of methoxy groups -OCH3 is 1. The summed E-state index contributed by atoms with van der Waals surface area (Å²) < 4.78 is 6.51. The van der Waals surface area contributed by atoms with Gasteiger partial charge in [-0.05, 0) is 12.1 Å². The molecule has 3 aromatic rings. The van der Waals surface area contributed by atoms with Gasteiger partial charge in [-0.2, -0.15) is 4.52 Å². The molecule has 0 saturated heterocycles. The van der Waals surface area contributed by atoms with Crippen LogP contribution in [0.2, 0.25) is 5.02 Å². The average molecular weight is 335 g/mol. The largest absolute Gasteiger partial charge is 0.480 e. The number of aromatic amines is 1. The van der Waals surface area contributed by atoms with Gasteiger partial charge in [0.05, 0.1) is 19.2 Å². The number of hydrogen-bond acceptors (Lipinski definition) is 6. The number of hydrogen-bond donors (Lipinski definition) is 2. The van der Waals surface area contributed by atoms with Gasteiger partial charge in [-0.1, -0.05) is 11.6 Å². The predicted molar refractivity (Wildman–Crippen MR) is 80.6 cm³/mol. The highest BCUT2D eigenvalue weighted by atomic mass is 35.5. The highest BCUT2D eigenvalue weighted by molar-refractivity contribution is 6.30. The molecule has 1 amide bonds. The Bertz CT molecular complexity index is 935. The van der Waals surface area contributed by atoms with Crippen LogP contribution in [0.4, 0.5) is 0 Å². The number of amides is 1. The molecule has 10 heteroatoms. The van der Waals surface area contributed by atoms with Crippen molar-refractivity contribution in [2.75, 3.05) is 7.11 Å². The summed E-state index contributed by atoms with van der Waals surface area (Å²) in [5.41, 5.74) is 0.305. The van der Waals surface area contributed by atoms with Gasteiger partial charge in [-0.3, -0.25) is 9.59 Å². The number of halogens is 1. The first-order chi connectivity index (χ1) is 11.1. The van der Waals surface area contributed by atoms with Gasteiger partial charge >= 0.3 is 0 Å². The molecule has 0 fully saturated rings. The zero-order valence-corrected chi connectivity index (χ0v) is 12.7. The van der Waals surface area contributed by atoms with Crippen molar-refractivity contribution in [1.82, 2.24) is 30.1 Å². The number of aromatic nitrogens is 5. The van der Waals surface area contributed by atoms with Gasteiger partial charge in [-0.25, -0.2) is 0 Å². The van der Waals surface area contributed by atoms with E-state index >= 15 is 0 Å². The number of H-pyrrole nitrogens is 1. The number of ether oxygens (including phenoxy) is 1. The van der Waals surface area contributed by atoms with E-state index < -0.39 is 11.5 Å². The van der Waals surface area contributed by atoms with E-state index in [2.05, 4.69) is 25.6 Å². The number of carbonyl (C=O) groups excluding carboxylic acids is 1. The van der Waals surface area contributed by atoms with Crippen LogP contribution in [0, 0.1) is 0 Å². The standard InChI is InChI=1S/C13H11ClN6O3/c1-23-11-3-2-9-17-18-10(20(9)19-11)6-16-12(21)7-4-8(14)13(22)15-5-7/h2-5H,6H2,1H3,(H,15,22)(H,16,21). The molecule has 118 valence electrons. The second kappa shape index (κ2) is 6.05. The van der Waals surface area contributed by atoms with Crippen molar-refractivity contribution in [2.24, 2.45) is 0 Å². The lowest BCUT2D eigenvalue weighted by molar-refractivity contribution is 0.0949. The number of rotatable bonds is 4. The fourth-order valence-electron chi connectivity index (χ4n) is 1.88. The number of pyridine rings is 1. The second-order valence-electron chi connectivity index (χ2n) is 4.51. The summed E-state index contributed by atoms with van der Waals surface area (Å²) in [4.78, 5) is 25.6. The van der Waals surface area contributed by atoms with Gasteiger partial charge in [0.15, 0.2) is 11.5 Å². The summed E-state index contributed by atoms with van der Waals surface area (Å²) in [6.45, 7) is 0.0942. The molecule has 3 heterocycles. The highest BCUT2D eigenvalue weighted by Crippen LogP contribution is 2.09. The predicted octanol–water partition coefficient (Wildman–Crippen LogP) is 0.405. The lowest BCUT2D eigenvalue weighted by Gasteiger charge is -2.04. The summed E-state index contributed by atoms with van der Waals surface area (Å²) in [5, 5.41) is 14.7. The molecule has 0 bridgehead atoms. The maximum atomic E-state index is 12.1. The first-order valence-electron chi connectivity index (χ1n) is 6.50. The summed E-state index contributed by atoms with van der Waals surface area (Å²) in [7, 11) is 1.50. The van der Waals surface area contributed by atoms with Gasteiger partial charge in [0, 0.05) is 12.3 Å². The van der Waals surface area contributed by atoms with Crippen LogP contribution in [0.25, 0.3) is 5.65 Å². The van der Waals surface area contributed by atoms with E-state index in [1.54, 1.807) is 12.1 Å². The van der Waals surface area contributed by atoms with E-state index in [0.717, 1.165) is 0 Å². The second-order valence-corrected chi connectivity index (χ2v) is 4.92. The van der Waals surface area contributed by atoms with Crippen LogP contribution in [0.15, 0.2) is 29.2 Å². The van der Waals surface area contributed by atoms with Gasteiger partial charge in [0.25, 0.3) is 11.5 Å². The Labute approximate surface area is 134 Å². The zero-order chi connectivity index (χ0) is 16.4. The molecule has 0 saturated carbocycles. The molecule has 0 atom stereocenters. The highest BCUT2D eigenvalue weighted by Gasteiger charge is 2.12. The Morgan fingerprint density at radius 3 is 3.00 bits per heavy atom. The van der Waals surface area contributed by atoms with Crippen LogP contribution in [-0.2, 0) is 6.54 Å². The third-order valence-corrected chi connectivity index (χ3v) is 3.32. The third-order valence-electron chi connectivity index (χ3n) is 3.04.